The van der Waals surface area contributed by atoms with E-state index in [4.69, 9.17) is 0 Å². The molecule has 1 aliphatic rings. The highest BCUT2D eigenvalue weighted by atomic mass is 31.1. The fraction of sp³-hybridized carbons (Fsp3) is 1.00. The first-order chi connectivity index (χ1) is 12.4. The summed E-state index contributed by atoms with van der Waals surface area (Å²) in [4.78, 5) is 0. The van der Waals surface area contributed by atoms with Gasteiger partial charge in [0, 0.05) is 0 Å². The summed E-state index contributed by atoms with van der Waals surface area (Å²) in [5.41, 5.74) is 0. The minimum absolute atomic E-state index is 0.0586. The molecule has 2 heteroatoms. The normalized spacial score (nSPS) is 22.9. The number of hydrogen-bond acceptors (Lipinski definition) is 0. The predicted molar refractivity (Wildman–Crippen MR) is 137 cm³/mol. The Labute approximate surface area is 182 Å². The molecule has 0 spiro atoms. The van der Waals surface area contributed by atoms with Gasteiger partial charge in [0.1, 0.15) is 0 Å². The van der Waals surface area contributed by atoms with Gasteiger partial charge in [0.2, 0.25) is 0 Å². The predicted octanol–water partition coefficient (Wildman–Crippen LogP) is 9.73. The minimum Gasteiger partial charge on any atom is -0.0956 e. The van der Waals surface area contributed by atoms with Crippen LogP contribution in [0.15, 0.2) is 0 Å². The Bertz CT molecular complexity index is 381. The van der Waals surface area contributed by atoms with Crippen molar-refractivity contribution in [3.05, 3.63) is 0 Å². The fourth-order valence-electron chi connectivity index (χ4n) is 5.99. The van der Waals surface area contributed by atoms with Gasteiger partial charge < -0.3 is 0 Å². The molecule has 0 aliphatic heterocycles. The van der Waals surface area contributed by atoms with Gasteiger partial charge in [0.25, 0.3) is 0 Å². The minimum atomic E-state index is 0.0586. The van der Waals surface area contributed by atoms with Gasteiger partial charge in [-0.3, -0.25) is 0 Å². The van der Waals surface area contributed by atoms with E-state index in [-0.39, 0.29) is 15.8 Å². The monoisotopic (exact) mass is 428 g/mol. The van der Waals surface area contributed by atoms with Crippen molar-refractivity contribution in [1.29, 1.82) is 0 Å². The molecule has 0 aromatic rings. The third-order valence-corrected chi connectivity index (χ3v) is 14.6. The molecule has 0 N–H and O–H groups in total. The van der Waals surface area contributed by atoms with Crippen molar-refractivity contribution < 1.29 is 0 Å². The molecule has 0 amide bonds. The standard InChI is InChI=1S/C26H54P2/c1-23(2,3)27(24(4,5)6)19-17-21-15-13-14-16-22(21)18-20-28(25(7,8)9)26(10,11)12/h21-22H,13-20H2,1-12H3. The average molecular weight is 429 g/mol. The van der Waals surface area contributed by atoms with Crippen molar-refractivity contribution in [1.82, 2.24) is 0 Å². The third kappa shape index (κ3) is 8.54. The van der Waals surface area contributed by atoms with E-state index in [2.05, 4.69) is 83.1 Å². The Morgan fingerprint density at radius 3 is 0.964 bits per heavy atom. The first-order valence-electron chi connectivity index (χ1n) is 12.0. The van der Waals surface area contributed by atoms with E-state index in [9.17, 15) is 0 Å². The maximum Gasteiger partial charge on any atom is -0.0175 e. The summed E-state index contributed by atoms with van der Waals surface area (Å²) in [5.74, 6) is 2.00. The highest BCUT2D eigenvalue weighted by Gasteiger charge is 2.37. The van der Waals surface area contributed by atoms with Crippen LogP contribution in [0.3, 0.4) is 0 Å². The van der Waals surface area contributed by atoms with E-state index in [1.807, 2.05) is 0 Å². The first-order valence-corrected chi connectivity index (χ1v) is 15.0. The zero-order valence-electron chi connectivity index (χ0n) is 21.7. The SMILES string of the molecule is CC(C)(C)P(CCC1CCCCC1CCP(C(C)(C)C)C(C)(C)C)C(C)(C)C. The Morgan fingerprint density at radius 1 is 0.500 bits per heavy atom. The lowest BCUT2D eigenvalue weighted by molar-refractivity contribution is 0.225. The molecule has 0 aromatic carbocycles. The smallest absolute Gasteiger partial charge is 0.0175 e. The van der Waals surface area contributed by atoms with Crippen LogP contribution in [-0.4, -0.2) is 32.9 Å². The van der Waals surface area contributed by atoms with Crippen molar-refractivity contribution in [2.45, 2.75) is 142 Å². The summed E-state index contributed by atoms with van der Waals surface area (Å²) in [6.07, 6.45) is 11.9. The number of rotatable bonds is 6. The summed E-state index contributed by atoms with van der Waals surface area (Å²) in [5, 5.41) is 1.91. The quantitative estimate of drug-likeness (QED) is 0.369. The Kier molecular flexibility index (Phi) is 9.59. The molecule has 0 heterocycles. The second-order valence-electron chi connectivity index (χ2n) is 13.4. The van der Waals surface area contributed by atoms with E-state index in [0.29, 0.717) is 20.6 Å². The summed E-state index contributed by atoms with van der Waals surface area (Å²) in [7, 11) is 0.117. The van der Waals surface area contributed by atoms with Gasteiger partial charge in [0.05, 0.1) is 0 Å². The van der Waals surface area contributed by atoms with Crippen LogP contribution in [0.2, 0.25) is 0 Å². The molecule has 0 saturated heterocycles. The van der Waals surface area contributed by atoms with Crippen LogP contribution in [0.5, 0.6) is 0 Å². The molecule has 0 aromatic heterocycles. The molecule has 0 radical (unpaired) electrons. The van der Waals surface area contributed by atoms with Gasteiger partial charge in [-0.05, 0) is 57.6 Å². The fourth-order valence-corrected chi connectivity index (χ4v) is 13.9. The molecule has 168 valence electrons. The van der Waals surface area contributed by atoms with Gasteiger partial charge in [-0.15, -0.1) is 0 Å². The molecular formula is C26H54P2. The van der Waals surface area contributed by atoms with Crippen LogP contribution >= 0.6 is 15.8 Å². The van der Waals surface area contributed by atoms with Crippen LogP contribution in [0, 0.1) is 11.8 Å². The third-order valence-electron chi connectivity index (χ3n) is 6.75. The molecule has 2 atom stereocenters. The van der Waals surface area contributed by atoms with E-state index in [1.165, 1.54) is 50.8 Å². The molecule has 2 unspecified atom stereocenters. The molecule has 1 saturated carbocycles. The zero-order valence-corrected chi connectivity index (χ0v) is 23.5. The summed E-state index contributed by atoms with van der Waals surface area (Å²) in [6, 6.07) is 0. The highest BCUT2D eigenvalue weighted by molar-refractivity contribution is 7.61. The second-order valence-corrected chi connectivity index (χ2v) is 21.3. The lowest BCUT2D eigenvalue weighted by atomic mass is 9.76. The van der Waals surface area contributed by atoms with Crippen LogP contribution in [0.1, 0.15) is 122 Å². The van der Waals surface area contributed by atoms with E-state index in [0.717, 1.165) is 11.8 Å². The molecular weight excluding hydrogens is 374 g/mol. The van der Waals surface area contributed by atoms with Crippen molar-refractivity contribution in [2.75, 3.05) is 12.3 Å². The first kappa shape index (κ1) is 26.9. The molecule has 28 heavy (non-hydrogen) atoms. The number of hydrogen-bond donors (Lipinski definition) is 0. The van der Waals surface area contributed by atoms with Crippen molar-refractivity contribution in [3.63, 3.8) is 0 Å². The summed E-state index contributed by atoms with van der Waals surface area (Å²) >= 11 is 0. The molecule has 1 fully saturated rings. The van der Waals surface area contributed by atoms with Gasteiger partial charge in [0.15, 0.2) is 0 Å². The van der Waals surface area contributed by atoms with Crippen LogP contribution in [0.25, 0.3) is 0 Å². The van der Waals surface area contributed by atoms with Crippen molar-refractivity contribution in [2.24, 2.45) is 11.8 Å². The Balaban J connectivity index is 2.78. The Morgan fingerprint density at radius 2 is 0.750 bits per heavy atom. The second kappa shape index (κ2) is 9.99. The maximum absolute atomic E-state index is 2.49. The van der Waals surface area contributed by atoms with Gasteiger partial charge in [-0.2, -0.15) is 0 Å². The Hall–Kier alpha value is 0.860. The molecule has 0 bridgehead atoms. The van der Waals surface area contributed by atoms with Crippen molar-refractivity contribution in [3.8, 4) is 0 Å². The summed E-state index contributed by atoms with van der Waals surface area (Å²) in [6.45, 7) is 29.9. The molecule has 1 aliphatic carbocycles. The maximum atomic E-state index is 2.49. The van der Waals surface area contributed by atoms with E-state index < -0.39 is 0 Å². The molecule has 1 rings (SSSR count). The lowest BCUT2D eigenvalue weighted by Crippen LogP contribution is -2.30. The largest absolute Gasteiger partial charge is 0.0956 e. The molecule has 0 nitrogen and oxygen atoms in total. The highest BCUT2D eigenvalue weighted by Crippen LogP contribution is 2.61. The van der Waals surface area contributed by atoms with E-state index in [1.54, 1.807) is 0 Å². The van der Waals surface area contributed by atoms with E-state index >= 15 is 0 Å². The van der Waals surface area contributed by atoms with Crippen molar-refractivity contribution >= 4 is 15.8 Å². The zero-order chi connectivity index (χ0) is 22.0. The topological polar surface area (TPSA) is 0 Å². The van der Waals surface area contributed by atoms with Gasteiger partial charge in [-0.1, -0.05) is 125 Å². The van der Waals surface area contributed by atoms with Gasteiger partial charge in [-0.25, -0.2) is 0 Å². The van der Waals surface area contributed by atoms with Crippen LogP contribution < -0.4 is 0 Å². The van der Waals surface area contributed by atoms with Gasteiger partial charge >= 0.3 is 0 Å². The lowest BCUT2D eigenvalue weighted by Gasteiger charge is -2.44. The van der Waals surface area contributed by atoms with Crippen LogP contribution in [-0.2, 0) is 0 Å². The summed E-state index contributed by atoms with van der Waals surface area (Å²) < 4.78 is 0. The van der Waals surface area contributed by atoms with Crippen LogP contribution in [0.4, 0.5) is 0 Å². The average Bonchev–Trinajstić information content (AvgIpc) is 2.43.